The van der Waals surface area contributed by atoms with Gasteiger partial charge in [-0.3, -0.25) is 0 Å². The second-order valence-electron chi connectivity index (χ2n) is 18.7. The molecule has 0 saturated carbocycles. The van der Waals surface area contributed by atoms with Gasteiger partial charge in [0.2, 0.25) is 0 Å². The molecule has 0 N–H and O–H groups in total. The van der Waals surface area contributed by atoms with Gasteiger partial charge in [-0.15, -0.1) is 0 Å². The monoisotopic (exact) mass is 900 g/mol. The maximum absolute atomic E-state index is 5.46. The van der Waals surface area contributed by atoms with E-state index in [1.165, 1.54) is 98.4 Å². The van der Waals surface area contributed by atoms with Gasteiger partial charge in [-0.05, 0) is 136 Å². The summed E-state index contributed by atoms with van der Waals surface area (Å²) >= 11 is 0. The maximum atomic E-state index is 5.46. The van der Waals surface area contributed by atoms with E-state index in [0.29, 0.717) is 0 Å². The third kappa shape index (κ3) is 7.08. The highest BCUT2D eigenvalue weighted by Gasteiger charge is 2.20. The standard InChI is InChI=1S/C69H44N2/c1-4-14-45(15-5-1)49-24-29-51(30-25-49)66-41-57(42-67(70-66)52-31-26-50(27-32-52)46-16-6-2-7-17-46)71-68-37-35-55(47-18-8-3-9-19-47)40-64(68)65-43-62-61-39-56(54-33-28-48-20-10-11-21-53(48)38-54)34-36-60(61)58-22-12-13-23-59(58)63(62)44-69(65)71/h1-44H. The Morgan fingerprint density at radius 1 is 0.211 bits per heavy atom. The number of aromatic nitrogens is 2. The van der Waals surface area contributed by atoms with Crippen LogP contribution in [0.2, 0.25) is 0 Å². The van der Waals surface area contributed by atoms with Crippen molar-refractivity contribution in [3.8, 4) is 72.7 Å². The molecule has 12 aromatic carbocycles. The Kier molecular flexibility index (Phi) is 9.57. The number of rotatable bonds is 7. The first-order valence-corrected chi connectivity index (χ1v) is 24.4. The van der Waals surface area contributed by atoms with Gasteiger partial charge in [0.25, 0.3) is 0 Å². The molecule has 0 aliphatic heterocycles. The van der Waals surface area contributed by atoms with Crippen molar-refractivity contribution < 1.29 is 0 Å². The highest BCUT2D eigenvalue weighted by atomic mass is 15.0. The van der Waals surface area contributed by atoms with Crippen LogP contribution in [0.1, 0.15) is 0 Å². The summed E-state index contributed by atoms with van der Waals surface area (Å²) in [5.74, 6) is 0. The molecule has 2 heterocycles. The van der Waals surface area contributed by atoms with Crippen molar-refractivity contribution in [2.24, 2.45) is 0 Å². The zero-order valence-corrected chi connectivity index (χ0v) is 38.8. The number of benzene rings is 12. The summed E-state index contributed by atoms with van der Waals surface area (Å²) < 4.78 is 2.48. The third-order valence-electron chi connectivity index (χ3n) is 14.6. The fourth-order valence-electron chi connectivity index (χ4n) is 11.0. The molecule has 0 saturated heterocycles. The molecule has 0 fully saturated rings. The number of nitrogens with zero attached hydrogens (tertiary/aromatic N) is 2. The van der Waals surface area contributed by atoms with Crippen molar-refractivity contribution in [2.75, 3.05) is 0 Å². The highest BCUT2D eigenvalue weighted by Crippen LogP contribution is 2.44. The summed E-state index contributed by atoms with van der Waals surface area (Å²) in [5, 5.41) is 12.4. The number of fused-ring (bicyclic) bond motifs is 10. The van der Waals surface area contributed by atoms with E-state index in [9.17, 15) is 0 Å². The van der Waals surface area contributed by atoms with E-state index in [1.54, 1.807) is 0 Å². The maximum Gasteiger partial charge on any atom is 0.0730 e. The largest absolute Gasteiger partial charge is 0.309 e. The van der Waals surface area contributed by atoms with Crippen molar-refractivity contribution in [1.29, 1.82) is 0 Å². The highest BCUT2D eigenvalue weighted by molar-refractivity contribution is 6.29. The van der Waals surface area contributed by atoms with Crippen LogP contribution in [-0.4, -0.2) is 9.55 Å². The van der Waals surface area contributed by atoms with E-state index in [-0.39, 0.29) is 0 Å². The normalized spacial score (nSPS) is 11.7. The Labute approximate surface area is 412 Å². The molecule has 0 unspecified atom stereocenters. The van der Waals surface area contributed by atoms with E-state index in [2.05, 4.69) is 271 Å². The number of pyridine rings is 1. The quantitative estimate of drug-likeness (QED) is 0.146. The van der Waals surface area contributed by atoms with Crippen molar-refractivity contribution in [2.45, 2.75) is 0 Å². The van der Waals surface area contributed by atoms with E-state index in [0.717, 1.165) is 39.2 Å². The molecule has 2 nitrogen and oxygen atoms in total. The fourth-order valence-corrected chi connectivity index (χ4v) is 11.0. The van der Waals surface area contributed by atoms with Crippen LogP contribution in [0.3, 0.4) is 0 Å². The lowest BCUT2D eigenvalue weighted by molar-refractivity contribution is 1.16. The van der Waals surface area contributed by atoms with Crippen LogP contribution in [0.25, 0.3) is 138 Å². The minimum Gasteiger partial charge on any atom is -0.309 e. The molecule has 0 atom stereocenters. The number of hydrogen-bond acceptors (Lipinski definition) is 1. The smallest absolute Gasteiger partial charge is 0.0730 e. The molecule has 0 bridgehead atoms. The SMILES string of the molecule is c1ccc(-c2ccc(-c3cc(-n4c5ccc(-c6ccccc6)cc5c5cc6c7cc(-c8ccc9ccccc9c8)ccc7c7ccccc7c6cc54)cc(-c4ccc(-c5ccccc5)cc4)n3)cc2)cc1. The van der Waals surface area contributed by atoms with Gasteiger partial charge in [0.15, 0.2) is 0 Å². The van der Waals surface area contributed by atoms with Crippen LogP contribution in [-0.2, 0) is 0 Å². The summed E-state index contributed by atoms with van der Waals surface area (Å²) in [6.45, 7) is 0. The molecule has 330 valence electrons. The summed E-state index contributed by atoms with van der Waals surface area (Å²) in [6.07, 6.45) is 0. The van der Waals surface area contributed by atoms with Gasteiger partial charge in [-0.1, -0.05) is 218 Å². The van der Waals surface area contributed by atoms with Gasteiger partial charge in [-0.25, -0.2) is 4.98 Å². The van der Waals surface area contributed by atoms with E-state index < -0.39 is 0 Å². The molecule has 2 heteroatoms. The van der Waals surface area contributed by atoms with Crippen LogP contribution in [0.5, 0.6) is 0 Å². The lowest BCUT2D eigenvalue weighted by atomic mass is 9.90. The molecule has 71 heavy (non-hydrogen) atoms. The first-order chi connectivity index (χ1) is 35.2. The molecule has 0 spiro atoms. The molecule has 0 amide bonds. The summed E-state index contributed by atoms with van der Waals surface area (Å²) in [6, 6.07) is 97.5. The molecular weight excluding hydrogens is 857 g/mol. The van der Waals surface area contributed by atoms with Gasteiger partial charge >= 0.3 is 0 Å². The summed E-state index contributed by atoms with van der Waals surface area (Å²) in [4.78, 5) is 5.46. The van der Waals surface area contributed by atoms with Gasteiger partial charge < -0.3 is 4.57 Å². The Morgan fingerprint density at radius 3 is 1.24 bits per heavy atom. The fraction of sp³-hybridized carbons (Fsp3) is 0. The van der Waals surface area contributed by atoms with Crippen molar-refractivity contribution >= 4 is 64.9 Å². The van der Waals surface area contributed by atoms with Gasteiger partial charge in [-0.2, -0.15) is 0 Å². The second kappa shape index (κ2) is 16.7. The van der Waals surface area contributed by atoms with Crippen LogP contribution < -0.4 is 0 Å². The Morgan fingerprint density at radius 2 is 0.606 bits per heavy atom. The molecule has 14 rings (SSSR count). The van der Waals surface area contributed by atoms with E-state index in [1.807, 2.05) is 0 Å². The molecule has 0 aliphatic rings. The molecule has 0 aliphatic carbocycles. The Bertz CT molecular complexity index is 4240. The van der Waals surface area contributed by atoms with Crippen LogP contribution in [0, 0.1) is 0 Å². The summed E-state index contributed by atoms with van der Waals surface area (Å²) in [5.41, 5.74) is 16.8. The van der Waals surface area contributed by atoms with E-state index >= 15 is 0 Å². The lowest BCUT2D eigenvalue weighted by Gasteiger charge is -2.15. The minimum absolute atomic E-state index is 0.915. The third-order valence-corrected chi connectivity index (χ3v) is 14.6. The first kappa shape index (κ1) is 40.7. The average Bonchev–Trinajstić information content (AvgIpc) is 3.78. The predicted molar refractivity (Wildman–Crippen MR) is 301 cm³/mol. The van der Waals surface area contributed by atoms with Crippen LogP contribution in [0.15, 0.2) is 267 Å². The van der Waals surface area contributed by atoms with Crippen LogP contribution in [0.4, 0.5) is 0 Å². The Balaban J connectivity index is 1.03. The summed E-state index contributed by atoms with van der Waals surface area (Å²) in [7, 11) is 0. The van der Waals surface area contributed by atoms with Crippen LogP contribution >= 0.6 is 0 Å². The Hall–Kier alpha value is -9.37. The molecular formula is C69H44N2. The zero-order chi connectivity index (χ0) is 46.8. The molecule has 2 aromatic heterocycles. The number of hydrogen-bond donors (Lipinski definition) is 0. The van der Waals surface area contributed by atoms with Crippen molar-refractivity contribution in [3.63, 3.8) is 0 Å². The minimum atomic E-state index is 0.915. The van der Waals surface area contributed by atoms with Gasteiger partial charge in [0.05, 0.1) is 28.1 Å². The van der Waals surface area contributed by atoms with Crippen molar-refractivity contribution in [3.05, 3.63) is 267 Å². The van der Waals surface area contributed by atoms with Crippen molar-refractivity contribution in [1.82, 2.24) is 9.55 Å². The predicted octanol–water partition coefficient (Wildman–Crippen LogP) is 18.8. The topological polar surface area (TPSA) is 17.8 Å². The second-order valence-corrected chi connectivity index (χ2v) is 18.7. The molecule has 14 aromatic rings. The zero-order valence-electron chi connectivity index (χ0n) is 38.8. The average molecular weight is 901 g/mol. The van der Waals surface area contributed by atoms with Gasteiger partial charge in [0, 0.05) is 21.9 Å². The van der Waals surface area contributed by atoms with Gasteiger partial charge in [0.1, 0.15) is 0 Å². The first-order valence-electron chi connectivity index (χ1n) is 24.4. The van der Waals surface area contributed by atoms with E-state index in [4.69, 9.17) is 4.98 Å². The lowest BCUT2D eigenvalue weighted by Crippen LogP contribution is -1.98. The molecule has 0 radical (unpaired) electrons.